The number of ether oxygens (including phenoxy) is 1. The van der Waals surface area contributed by atoms with Gasteiger partial charge in [-0.25, -0.2) is 9.48 Å². The lowest BCUT2D eigenvalue weighted by Gasteiger charge is -2.28. The lowest BCUT2D eigenvalue weighted by Crippen LogP contribution is -2.33. The fraction of sp³-hybridized carbons (Fsp3) is 0.727. The SMILES string of the molecule is O=C(O)c1nnn(C2COC2)c1C1CCCC1. The number of aromatic nitrogens is 3. The van der Waals surface area contributed by atoms with Crippen LogP contribution in [0.4, 0.5) is 0 Å². The summed E-state index contributed by atoms with van der Waals surface area (Å²) in [6.45, 7) is 1.23. The van der Waals surface area contributed by atoms with Gasteiger partial charge < -0.3 is 9.84 Å². The first-order valence-electron chi connectivity index (χ1n) is 6.03. The fourth-order valence-corrected chi connectivity index (χ4v) is 2.67. The average molecular weight is 237 g/mol. The van der Waals surface area contributed by atoms with E-state index in [4.69, 9.17) is 9.84 Å². The molecule has 1 N–H and O–H groups in total. The molecule has 2 heterocycles. The van der Waals surface area contributed by atoms with Crippen LogP contribution in [0.3, 0.4) is 0 Å². The van der Waals surface area contributed by atoms with E-state index in [1.54, 1.807) is 4.68 Å². The van der Waals surface area contributed by atoms with E-state index in [0.29, 0.717) is 19.1 Å². The molecule has 1 aliphatic carbocycles. The van der Waals surface area contributed by atoms with Gasteiger partial charge >= 0.3 is 5.97 Å². The van der Waals surface area contributed by atoms with Crippen LogP contribution in [0.5, 0.6) is 0 Å². The molecule has 2 aliphatic rings. The van der Waals surface area contributed by atoms with Gasteiger partial charge in [0.15, 0.2) is 5.69 Å². The summed E-state index contributed by atoms with van der Waals surface area (Å²) < 4.78 is 6.92. The Balaban J connectivity index is 1.99. The Morgan fingerprint density at radius 3 is 2.59 bits per heavy atom. The third-order valence-corrected chi connectivity index (χ3v) is 3.64. The predicted octanol–water partition coefficient (Wildman–Crippen LogP) is 1.21. The number of carboxylic acid groups (broad SMARTS) is 1. The largest absolute Gasteiger partial charge is 0.476 e. The summed E-state index contributed by atoms with van der Waals surface area (Å²) in [7, 11) is 0. The van der Waals surface area contributed by atoms with Gasteiger partial charge in [0.2, 0.25) is 0 Å². The van der Waals surface area contributed by atoms with Crippen molar-refractivity contribution in [1.29, 1.82) is 0 Å². The molecular formula is C11H15N3O3. The van der Waals surface area contributed by atoms with Gasteiger partial charge in [-0.2, -0.15) is 0 Å². The van der Waals surface area contributed by atoms with Crippen molar-refractivity contribution in [3.63, 3.8) is 0 Å². The molecule has 1 aliphatic heterocycles. The van der Waals surface area contributed by atoms with Crippen LogP contribution in [0.25, 0.3) is 0 Å². The van der Waals surface area contributed by atoms with E-state index in [9.17, 15) is 4.79 Å². The second kappa shape index (κ2) is 4.10. The maximum atomic E-state index is 11.2. The van der Waals surface area contributed by atoms with Crippen LogP contribution in [0.1, 0.15) is 53.8 Å². The second-order valence-electron chi connectivity index (χ2n) is 4.75. The van der Waals surface area contributed by atoms with Crippen LogP contribution in [-0.4, -0.2) is 39.3 Å². The Morgan fingerprint density at radius 1 is 1.35 bits per heavy atom. The van der Waals surface area contributed by atoms with Crippen LogP contribution in [0, 0.1) is 0 Å². The highest BCUT2D eigenvalue weighted by molar-refractivity contribution is 5.86. The zero-order valence-electron chi connectivity index (χ0n) is 9.50. The Kier molecular flexibility index (Phi) is 2.58. The van der Waals surface area contributed by atoms with Crippen molar-refractivity contribution in [3.05, 3.63) is 11.4 Å². The standard InChI is InChI=1S/C11H15N3O3/c15-11(16)9-10(7-3-1-2-4-7)14(13-12-9)8-5-17-6-8/h7-8H,1-6H2,(H,15,16). The van der Waals surface area contributed by atoms with Gasteiger partial charge in [0, 0.05) is 5.92 Å². The van der Waals surface area contributed by atoms with Crippen molar-refractivity contribution in [2.45, 2.75) is 37.6 Å². The second-order valence-corrected chi connectivity index (χ2v) is 4.75. The van der Waals surface area contributed by atoms with Gasteiger partial charge in [-0.15, -0.1) is 5.10 Å². The first kappa shape index (κ1) is 10.7. The van der Waals surface area contributed by atoms with Crippen molar-refractivity contribution in [2.75, 3.05) is 13.2 Å². The van der Waals surface area contributed by atoms with Crippen molar-refractivity contribution >= 4 is 5.97 Å². The first-order chi connectivity index (χ1) is 8.27. The summed E-state index contributed by atoms with van der Waals surface area (Å²) in [4.78, 5) is 11.2. The van der Waals surface area contributed by atoms with Gasteiger partial charge in [-0.05, 0) is 12.8 Å². The van der Waals surface area contributed by atoms with Crippen LogP contribution in [0.2, 0.25) is 0 Å². The minimum Gasteiger partial charge on any atom is -0.476 e. The number of carbonyl (C=O) groups is 1. The summed E-state index contributed by atoms with van der Waals surface area (Å²) in [5, 5.41) is 17.0. The Labute approximate surface area is 98.6 Å². The molecule has 1 saturated heterocycles. The van der Waals surface area contributed by atoms with Gasteiger partial charge in [0.05, 0.1) is 18.9 Å². The molecular weight excluding hydrogens is 222 g/mol. The monoisotopic (exact) mass is 237 g/mol. The molecule has 0 unspecified atom stereocenters. The summed E-state index contributed by atoms with van der Waals surface area (Å²) in [6, 6.07) is 0.172. The van der Waals surface area contributed by atoms with E-state index in [1.807, 2.05) is 0 Å². The number of carboxylic acids is 1. The highest BCUT2D eigenvalue weighted by atomic mass is 16.5. The molecule has 0 atom stereocenters. The predicted molar refractivity (Wildman–Crippen MR) is 58.0 cm³/mol. The van der Waals surface area contributed by atoms with E-state index >= 15 is 0 Å². The molecule has 0 amide bonds. The molecule has 6 nitrogen and oxygen atoms in total. The third-order valence-electron chi connectivity index (χ3n) is 3.64. The molecule has 92 valence electrons. The molecule has 1 saturated carbocycles. The summed E-state index contributed by atoms with van der Waals surface area (Å²) in [6.07, 6.45) is 4.41. The van der Waals surface area contributed by atoms with Crippen molar-refractivity contribution in [1.82, 2.24) is 15.0 Å². The quantitative estimate of drug-likeness (QED) is 0.854. The minimum absolute atomic E-state index is 0.129. The summed E-state index contributed by atoms with van der Waals surface area (Å²) >= 11 is 0. The van der Waals surface area contributed by atoms with Gasteiger partial charge in [0.25, 0.3) is 0 Å². The smallest absolute Gasteiger partial charge is 0.358 e. The first-order valence-corrected chi connectivity index (χ1v) is 6.03. The van der Waals surface area contributed by atoms with E-state index < -0.39 is 5.97 Å². The lowest BCUT2D eigenvalue weighted by atomic mass is 10.0. The zero-order valence-corrected chi connectivity index (χ0v) is 9.50. The normalized spacial score (nSPS) is 21.6. The van der Waals surface area contributed by atoms with Gasteiger partial charge in [0.1, 0.15) is 6.04 Å². The van der Waals surface area contributed by atoms with Crippen LogP contribution in [0.15, 0.2) is 0 Å². The molecule has 0 aromatic carbocycles. The lowest BCUT2D eigenvalue weighted by molar-refractivity contribution is -0.0309. The Morgan fingerprint density at radius 2 is 2.06 bits per heavy atom. The van der Waals surface area contributed by atoms with Crippen LogP contribution >= 0.6 is 0 Å². The molecule has 6 heteroatoms. The minimum atomic E-state index is -0.974. The third kappa shape index (κ3) is 1.72. The zero-order chi connectivity index (χ0) is 11.8. The molecule has 1 aromatic heterocycles. The number of hydrogen-bond acceptors (Lipinski definition) is 4. The maximum absolute atomic E-state index is 11.2. The van der Waals surface area contributed by atoms with Crippen LogP contribution < -0.4 is 0 Å². The van der Waals surface area contributed by atoms with Gasteiger partial charge in [-0.1, -0.05) is 18.1 Å². The van der Waals surface area contributed by atoms with Crippen molar-refractivity contribution in [3.8, 4) is 0 Å². The molecule has 0 bridgehead atoms. The van der Waals surface area contributed by atoms with E-state index in [0.717, 1.165) is 31.4 Å². The van der Waals surface area contributed by atoms with Crippen LogP contribution in [-0.2, 0) is 4.74 Å². The van der Waals surface area contributed by atoms with Crippen molar-refractivity contribution in [2.24, 2.45) is 0 Å². The topological polar surface area (TPSA) is 77.2 Å². The molecule has 0 spiro atoms. The molecule has 17 heavy (non-hydrogen) atoms. The molecule has 0 radical (unpaired) electrons. The Bertz CT molecular complexity index is 433. The average Bonchev–Trinajstić information content (AvgIpc) is 2.80. The van der Waals surface area contributed by atoms with Crippen molar-refractivity contribution < 1.29 is 14.6 Å². The molecule has 2 fully saturated rings. The highest BCUT2D eigenvalue weighted by Gasteiger charge is 2.33. The fourth-order valence-electron chi connectivity index (χ4n) is 2.67. The van der Waals surface area contributed by atoms with E-state index in [1.165, 1.54) is 0 Å². The van der Waals surface area contributed by atoms with Gasteiger partial charge in [-0.3, -0.25) is 0 Å². The van der Waals surface area contributed by atoms with E-state index in [-0.39, 0.29) is 11.7 Å². The number of nitrogens with zero attached hydrogens (tertiary/aromatic N) is 3. The number of aromatic carboxylic acids is 1. The van der Waals surface area contributed by atoms with E-state index in [2.05, 4.69) is 10.3 Å². The summed E-state index contributed by atoms with van der Waals surface area (Å²) in [5.41, 5.74) is 0.937. The summed E-state index contributed by atoms with van der Waals surface area (Å²) in [5.74, 6) is -0.671. The maximum Gasteiger partial charge on any atom is 0.358 e. The molecule has 1 aromatic rings. The highest BCUT2D eigenvalue weighted by Crippen LogP contribution is 2.37. The Hall–Kier alpha value is -1.43. The number of hydrogen-bond donors (Lipinski definition) is 1. The molecule has 3 rings (SSSR count). The number of rotatable bonds is 3.